The van der Waals surface area contributed by atoms with Gasteiger partial charge in [0.1, 0.15) is 11.0 Å². The van der Waals surface area contributed by atoms with Gasteiger partial charge in [-0.15, -0.1) is 0 Å². The first-order valence-corrected chi connectivity index (χ1v) is 16.8. The molecule has 0 fully saturated rings. The lowest BCUT2D eigenvalue weighted by molar-refractivity contribution is -0.137. The van der Waals surface area contributed by atoms with Gasteiger partial charge in [0, 0.05) is 46.0 Å². The second-order valence-corrected chi connectivity index (χ2v) is 13.7. The molecule has 4 aromatic rings. The zero-order valence-corrected chi connectivity index (χ0v) is 27.1. The number of nitrogens with zero attached hydrogens (tertiary/aromatic N) is 4. The Balaban J connectivity index is 1.42. The van der Waals surface area contributed by atoms with E-state index in [1.807, 2.05) is 37.3 Å². The van der Waals surface area contributed by atoms with Crippen LogP contribution in [0, 0.1) is 5.41 Å². The second kappa shape index (κ2) is 12.5. The van der Waals surface area contributed by atoms with Gasteiger partial charge < -0.3 is 18.8 Å². The molecule has 0 unspecified atom stereocenters. The number of carbonyl (C=O) groups is 2. The van der Waals surface area contributed by atoms with Crippen molar-refractivity contribution in [2.24, 2.45) is 5.41 Å². The average Bonchev–Trinajstić information content (AvgIpc) is 3.47. The molecule has 11 nitrogen and oxygen atoms in total. The first-order chi connectivity index (χ1) is 21.3. The van der Waals surface area contributed by atoms with Crippen LogP contribution in [0.1, 0.15) is 31.9 Å². The molecule has 2 aromatic carbocycles. The maximum absolute atomic E-state index is 13.3. The molecule has 0 atom stereocenters. The number of amides is 2. The van der Waals surface area contributed by atoms with E-state index in [0.29, 0.717) is 67.2 Å². The quantitative estimate of drug-likeness (QED) is 0.247. The van der Waals surface area contributed by atoms with Crippen molar-refractivity contribution in [3.8, 4) is 0 Å². The van der Waals surface area contributed by atoms with Crippen molar-refractivity contribution < 1.29 is 22.4 Å². The van der Waals surface area contributed by atoms with E-state index in [9.17, 15) is 22.8 Å². The van der Waals surface area contributed by atoms with E-state index in [1.54, 1.807) is 65.7 Å². The molecule has 0 radical (unpaired) electrons. The van der Waals surface area contributed by atoms with Crippen LogP contribution in [0.15, 0.2) is 76.3 Å². The molecule has 238 valence electrons. The van der Waals surface area contributed by atoms with Crippen molar-refractivity contribution in [2.45, 2.75) is 40.3 Å². The monoisotopic (exact) mass is 633 g/mol. The number of fused-ring (bicyclic) bond motifs is 2. The topological polar surface area (TPSA) is 125 Å². The van der Waals surface area contributed by atoms with Crippen molar-refractivity contribution in [3.05, 3.63) is 88.5 Å². The zero-order chi connectivity index (χ0) is 32.5. The molecule has 5 rings (SSSR count). The molecule has 0 saturated heterocycles. The van der Waals surface area contributed by atoms with Gasteiger partial charge in [-0.25, -0.2) is 8.42 Å². The van der Waals surface area contributed by atoms with Gasteiger partial charge in [0.05, 0.1) is 35.0 Å². The number of anilines is 3. The summed E-state index contributed by atoms with van der Waals surface area (Å²) in [6.45, 7) is 7.57. The Bertz CT molecular complexity index is 1910. The number of para-hydroxylation sites is 1. The number of furan rings is 1. The Morgan fingerprint density at radius 1 is 0.956 bits per heavy atom. The summed E-state index contributed by atoms with van der Waals surface area (Å²) in [5.41, 5.74) is 2.84. The summed E-state index contributed by atoms with van der Waals surface area (Å²) in [6, 6.07) is 16.5. The lowest BCUT2D eigenvalue weighted by Crippen LogP contribution is -2.47. The molecule has 0 bridgehead atoms. The largest absolute Gasteiger partial charge is 0.464 e. The van der Waals surface area contributed by atoms with Gasteiger partial charge in [0.2, 0.25) is 21.8 Å². The summed E-state index contributed by atoms with van der Waals surface area (Å²) in [4.78, 5) is 45.0. The molecule has 1 N–H and O–H groups in total. The van der Waals surface area contributed by atoms with Gasteiger partial charge in [0.15, 0.2) is 0 Å². The summed E-state index contributed by atoms with van der Waals surface area (Å²) < 4.78 is 33.7. The first kappa shape index (κ1) is 32.0. The number of rotatable bonds is 11. The third kappa shape index (κ3) is 6.66. The fourth-order valence-electron chi connectivity index (χ4n) is 5.79. The Labute approximate surface area is 263 Å². The molecule has 12 heteroatoms. The number of nitrogens with one attached hydrogen (secondary N) is 1. The lowest BCUT2D eigenvalue weighted by atomic mass is 9.90. The Morgan fingerprint density at radius 2 is 1.71 bits per heavy atom. The standard InChI is InChI=1S/C33H39N5O6S/c1-6-38-27-12-11-23(21-28(27)35(4)31(40)33(2,3)32(38)41)13-16-36(22-24-9-7-8-10-26(24)34-45(5,42)43)18-19-37-17-14-29-25(30(37)39)15-20-44-29/h7-12,14-15,17,20-21,34H,6,13,16,18-19,22H2,1-5H3. The van der Waals surface area contributed by atoms with Gasteiger partial charge in [-0.05, 0) is 68.7 Å². The summed E-state index contributed by atoms with van der Waals surface area (Å²) >= 11 is 0. The number of benzene rings is 2. The molecule has 2 aromatic heterocycles. The van der Waals surface area contributed by atoms with E-state index in [2.05, 4.69) is 9.62 Å². The SMILES string of the molecule is CCN1C(=O)C(C)(C)C(=O)N(C)c2cc(CCN(CCn3ccc4occc4c3=O)Cc3ccccc3NS(C)(=O)=O)ccc21. The number of carbonyl (C=O) groups excluding carboxylic acids is 2. The third-order valence-electron chi connectivity index (χ3n) is 8.30. The number of sulfonamides is 1. The predicted molar refractivity (Wildman–Crippen MR) is 176 cm³/mol. The molecule has 1 aliphatic heterocycles. The number of pyridine rings is 1. The molecule has 1 aliphatic rings. The van der Waals surface area contributed by atoms with Gasteiger partial charge >= 0.3 is 0 Å². The van der Waals surface area contributed by atoms with Crippen molar-refractivity contribution in [1.82, 2.24) is 9.47 Å². The molecule has 45 heavy (non-hydrogen) atoms. The number of hydrogen-bond donors (Lipinski definition) is 1. The van der Waals surface area contributed by atoms with Crippen LogP contribution < -0.4 is 20.1 Å². The van der Waals surface area contributed by atoms with Crippen molar-refractivity contribution in [1.29, 1.82) is 0 Å². The normalized spacial score (nSPS) is 15.1. The third-order valence-corrected chi connectivity index (χ3v) is 8.89. The maximum Gasteiger partial charge on any atom is 0.261 e. The number of aromatic nitrogens is 1. The highest BCUT2D eigenvalue weighted by Crippen LogP contribution is 2.38. The minimum atomic E-state index is -3.49. The van der Waals surface area contributed by atoms with Gasteiger partial charge in [-0.2, -0.15) is 0 Å². The Hall–Kier alpha value is -4.42. The van der Waals surface area contributed by atoms with Crippen LogP contribution in [-0.2, 0) is 39.1 Å². The molecular weight excluding hydrogens is 594 g/mol. The molecule has 0 aliphatic carbocycles. The first-order valence-electron chi connectivity index (χ1n) is 14.9. The van der Waals surface area contributed by atoms with E-state index in [0.717, 1.165) is 17.4 Å². The highest BCUT2D eigenvalue weighted by atomic mass is 32.2. The van der Waals surface area contributed by atoms with Crippen LogP contribution in [0.4, 0.5) is 17.1 Å². The van der Waals surface area contributed by atoms with Crippen LogP contribution in [0.3, 0.4) is 0 Å². The summed E-state index contributed by atoms with van der Waals surface area (Å²) in [5.74, 6) is -0.497. The van der Waals surface area contributed by atoms with Crippen LogP contribution in [0.2, 0.25) is 0 Å². The molecule has 2 amide bonds. The Kier molecular flexibility index (Phi) is 8.90. The molecule has 0 saturated carbocycles. The van der Waals surface area contributed by atoms with E-state index < -0.39 is 15.4 Å². The fourth-order valence-corrected chi connectivity index (χ4v) is 6.39. The van der Waals surface area contributed by atoms with E-state index in [-0.39, 0.29) is 17.4 Å². The van der Waals surface area contributed by atoms with E-state index >= 15 is 0 Å². The summed E-state index contributed by atoms with van der Waals surface area (Å²) in [6.07, 6.45) is 4.94. The smallest absolute Gasteiger partial charge is 0.261 e. The predicted octanol–water partition coefficient (Wildman–Crippen LogP) is 4.07. The number of hydrogen-bond acceptors (Lipinski definition) is 7. The van der Waals surface area contributed by atoms with E-state index in [4.69, 9.17) is 4.42 Å². The van der Waals surface area contributed by atoms with Crippen LogP contribution in [-0.4, -0.2) is 62.6 Å². The van der Waals surface area contributed by atoms with Crippen molar-refractivity contribution in [3.63, 3.8) is 0 Å². The summed E-state index contributed by atoms with van der Waals surface area (Å²) in [7, 11) is -1.79. The molecule has 3 heterocycles. The maximum atomic E-state index is 13.3. The second-order valence-electron chi connectivity index (χ2n) is 11.9. The van der Waals surface area contributed by atoms with Crippen molar-refractivity contribution >= 4 is 49.9 Å². The highest BCUT2D eigenvalue weighted by molar-refractivity contribution is 7.92. The average molecular weight is 634 g/mol. The van der Waals surface area contributed by atoms with Crippen molar-refractivity contribution in [2.75, 3.05) is 47.5 Å². The molecular formula is C33H39N5O6S. The summed E-state index contributed by atoms with van der Waals surface area (Å²) in [5, 5.41) is 0.512. The van der Waals surface area contributed by atoms with Gasteiger partial charge in [0.25, 0.3) is 5.56 Å². The fraction of sp³-hybridized carbons (Fsp3) is 0.364. The van der Waals surface area contributed by atoms with E-state index in [1.165, 1.54) is 6.26 Å². The minimum Gasteiger partial charge on any atom is -0.464 e. The van der Waals surface area contributed by atoms with Gasteiger partial charge in [-0.1, -0.05) is 24.3 Å². The van der Waals surface area contributed by atoms with Crippen LogP contribution >= 0.6 is 0 Å². The van der Waals surface area contributed by atoms with Gasteiger partial charge in [-0.3, -0.25) is 24.0 Å². The van der Waals surface area contributed by atoms with Crippen LogP contribution in [0.25, 0.3) is 11.0 Å². The Morgan fingerprint density at radius 3 is 2.44 bits per heavy atom. The highest BCUT2D eigenvalue weighted by Gasteiger charge is 2.45. The molecule has 0 spiro atoms. The van der Waals surface area contributed by atoms with Crippen LogP contribution in [0.5, 0.6) is 0 Å². The minimum absolute atomic E-state index is 0.142. The lowest BCUT2D eigenvalue weighted by Gasteiger charge is -2.27. The zero-order valence-electron chi connectivity index (χ0n) is 26.2.